The van der Waals surface area contributed by atoms with Crippen LogP contribution in [0.3, 0.4) is 0 Å². The van der Waals surface area contributed by atoms with E-state index in [1.165, 1.54) is 24.3 Å². The molecule has 2 atom stereocenters. The highest BCUT2D eigenvalue weighted by Crippen LogP contribution is 2.44. The Bertz CT molecular complexity index is 716. The van der Waals surface area contributed by atoms with Gasteiger partial charge in [0.15, 0.2) is 0 Å². The van der Waals surface area contributed by atoms with Gasteiger partial charge in [0.2, 0.25) is 0 Å². The van der Waals surface area contributed by atoms with Gasteiger partial charge in [-0.3, -0.25) is 0 Å². The number of ether oxygens (including phenoxy) is 1. The van der Waals surface area contributed by atoms with Crippen molar-refractivity contribution in [3.05, 3.63) is 65.5 Å². The molecular weight excluding hydrogens is 354 g/mol. The molecule has 3 rings (SSSR count). The molecule has 25 heavy (non-hydrogen) atoms. The predicted octanol–water partition coefficient (Wildman–Crippen LogP) is 4.67. The minimum Gasteiger partial charge on any atom is -0.374 e. The molecule has 0 radical (unpaired) electrons. The number of rotatable bonds is 4. The van der Waals surface area contributed by atoms with Crippen molar-refractivity contribution < 1.29 is 22.3 Å². The summed E-state index contributed by atoms with van der Waals surface area (Å²) in [5.74, 6) is -0.420. The predicted molar refractivity (Wildman–Crippen MR) is 89.1 cm³/mol. The van der Waals surface area contributed by atoms with Crippen molar-refractivity contribution in [2.75, 3.05) is 19.7 Å². The monoisotopic (exact) mass is 371 g/mol. The van der Waals surface area contributed by atoms with E-state index in [2.05, 4.69) is 5.32 Å². The van der Waals surface area contributed by atoms with Crippen molar-refractivity contribution in [3.8, 4) is 0 Å². The molecule has 2 nitrogen and oxygen atoms in total. The number of morpholine rings is 1. The van der Waals surface area contributed by atoms with E-state index >= 15 is 0 Å². The highest BCUT2D eigenvalue weighted by atomic mass is 32.2. The summed E-state index contributed by atoms with van der Waals surface area (Å²) in [7, 11) is 0. The zero-order chi connectivity index (χ0) is 17.9. The third-order valence-electron chi connectivity index (χ3n) is 3.92. The molecule has 0 bridgehead atoms. The van der Waals surface area contributed by atoms with E-state index in [0.29, 0.717) is 25.3 Å². The number of halogens is 4. The lowest BCUT2D eigenvalue weighted by Crippen LogP contribution is -2.41. The Morgan fingerprint density at radius 2 is 1.92 bits per heavy atom. The summed E-state index contributed by atoms with van der Waals surface area (Å²) in [5, 5.41) is 2.72. The first-order valence-corrected chi connectivity index (χ1v) is 8.74. The first-order valence-electron chi connectivity index (χ1n) is 7.86. The standard InChI is InChI=1S/C18H17F4NOS/c19-13-5-3-4-12(10-13)17(15-11-23-8-9-24-15)25-16-7-2-1-6-14(16)18(20,21)22/h1-7,10,15,17,23H,8-9,11H2/t15?,17-/m0/s1. The van der Waals surface area contributed by atoms with Crippen LogP contribution in [0.5, 0.6) is 0 Å². The highest BCUT2D eigenvalue weighted by Gasteiger charge is 2.35. The first-order chi connectivity index (χ1) is 11.9. The largest absolute Gasteiger partial charge is 0.417 e. The van der Waals surface area contributed by atoms with Crippen molar-refractivity contribution in [2.45, 2.75) is 22.4 Å². The van der Waals surface area contributed by atoms with Gasteiger partial charge in [0.05, 0.1) is 23.5 Å². The third-order valence-corrected chi connectivity index (χ3v) is 5.36. The van der Waals surface area contributed by atoms with Crippen LogP contribution in [0.25, 0.3) is 0 Å². The Morgan fingerprint density at radius 1 is 1.12 bits per heavy atom. The topological polar surface area (TPSA) is 21.3 Å². The van der Waals surface area contributed by atoms with Gasteiger partial charge in [0.1, 0.15) is 5.82 Å². The molecule has 1 aliphatic rings. The molecule has 1 unspecified atom stereocenters. The molecule has 1 N–H and O–H groups in total. The fourth-order valence-corrected chi connectivity index (χ4v) is 4.11. The van der Waals surface area contributed by atoms with Crippen LogP contribution >= 0.6 is 11.8 Å². The molecule has 134 valence electrons. The fraction of sp³-hybridized carbons (Fsp3) is 0.333. The molecule has 1 heterocycles. The zero-order valence-corrected chi connectivity index (χ0v) is 14.0. The average Bonchev–Trinajstić information content (AvgIpc) is 2.60. The number of thioether (sulfide) groups is 1. The highest BCUT2D eigenvalue weighted by molar-refractivity contribution is 7.99. The quantitative estimate of drug-likeness (QED) is 0.624. The lowest BCUT2D eigenvalue weighted by Gasteiger charge is -2.31. The summed E-state index contributed by atoms with van der Waals surface area (Å²) in [5.41, 5.74) is -0.0825. The smallest absolute Gasteiger partial charge is 0.374 e. The molecule has 1 aliphatic heterocycles. The second kappa shape index (κ2) is 7.76. The second-order valence-corrected chi connectivity index (χ2v) is 6.88. The minimum absolute atomic E-state index is 0.110. The summed E-state index contributed by atoms with van der Waals surface area (Å²) in [4.78, 5) is 0.110. The lowest BCUT2D eigenvalue weighted by molar-refractivity contribution is -0.139. The number of alkyl halides is 3. The van der Waals surface area contributed by atoms with Crippen molar-refractivity contribution in [2.24, 2.45) is 0 Å². The lowest BCUT2D eigenvalue weighted by atomic mass is 10.1. The zero-order valence-electron chi connectivity index (χ0n) is 13.2. The number of benzene rings is 2. The normalized spacial score (nSPS) is 19.6. The van der Waals surface area contributed by atoms with Crippen LogP contribution in [0, 0.1) is 5.82 Å². The van der Waals surface area contributed by atoms with Gasteiger partial charge < -0.3 is 10.1 Å². The molecule has 7 heteroatoms. The molecule has 2 aromatic carbocycles. The summed E-state index contributed by atoms with van der Waals surface area (Å²) >= 11 is 1.06. The minimum atomic E-state index is -4.44. The molecule has 0 aliphatic carbocycles. The van der Waals surface area contributed by atoms with E-state index < -0.39 is 22.8 Å². The molecule has 0 spiro atoms. The Labute approximate surface area is 147 Å². The van der Waals surface area contributed by atoms with E-state index in [9.17, 15) is 17.6 Å². The summed E-state index contributed by atoms with van der Waals surface area (Å²) in [6.45, 7) is 1.66. The van der Waals surface area contributed by atoms with Gasteiger partial charge in [-0.15, -0.1) is 11.8 Å². The van der Waals surface area contributed by atoms with Gasteiger partial charge in [-0.2, -0.15) is 13.2 Å². The van der Waals surface area contributed by atoms with Gasteiger partial charge in [-0.25, -0.2) is 4.39 Å². The number of hydrogen-bond acceptors (Lipinski definition) is 3. The first kappa shape index (κ1) is 18.2. The average molecular weight is 371 g/mol. The fourth-order valence-electron chi connectivity index (χ4n) is 2.76. The Balaban J connectivity index is 1.96. The maximum absolute atomic E-state index is 13.7. The van der Waals surface area contributed by atoms with Crippen molar-refractivity contribution in [3.63, 3.8) is 0 Å². The molecule has 0 aromatic heterocycles. The number of nitrogens with one attached hydrogen (secondary N) is 1. The van der Waals surface area contributed by atoms with E-state index in [-0.39, 0.29) is 11.0 Å². The summed E-state index contributed by atoms with van der Waals surface area (Å²) < 4.78 is 59.3. The van der Waals surface area contributed by atoms with Crippen molar-refractivity contribution in [1.29, 1.82) is 0 Å². The van der Waals surface area contributed by atoms with Crippen molar-refractivity contribution >= 4 is 11.8 Å². The molecule has 0 amide bonds. The van der Waals surface area contributed by atoms with Crippen LogP contribution in [-0.4, -0.2) is 25.8 Å². The van der Waals surface area contributed by atoms with Gasteiger partial charge in [0, 0.05) is 18.0 Å². The van der Waals surface area contributed by atoms with Gasteiger partial charge in [-0.05, 0) is 29.8 Å². The SMILES string of the molecule is Fc1cccc([C@H](Sc2ccccc2C(F)(F)F)C2CNCCO2)c1. The Hall–Kier alpha value is -1.57. The maximum atomic E-state index is 13.7. The van der Waals surface area contributed by atoms with E-state index in [1.54, 1.807) is 18.2 Å². The van der Waals surface area contributed by atoms with E-state index in [1.807, 2.05) is 0 Å². The molecule has 2 aromatic rings. The van der Waals surface area contributed by atoms with Crippen LogP contribution in [0.4, 0.5) is 17.6 Å². The van der Waals surface area contributed by atoms with Crippen LogP contribution in [-0.2, 0) is 10.9 Å². The third kappa shape index (κ3) is 4.54. The number of hydrogen-bond donors (Lipinski definition) is 1. The summed E-state index contributed by atoms with van der Waals surface area (Å²) in [6, 6.07) is 11.4. The Kier molecular flexibility index (Phi) is 5.66. The second-order valence-electron chi connectivity index (χ2n) is 5.70. The van der Waals surface area contributed by atoms with Gasteiger partial charge >= 0.3 is 6.18 Å². The van der Waals surface area contributed by atoms with Crippen LogP contribution in [0.15, 0.2) is 53.4 Å². The Morgan fingerprint density at radius 3 is 2.60 bits per heavy atom. The summed E-state index contributed by atoms with van der Waals surface area (Å²) in [6.07, 6.45) is -4.79. The molecule has 1 saturated heterocycles. The van der Waals surface area contributed by atoms with Crippen LogP contribution in [0.2, 0.25) is 0 Å². The van der Waals surface area contributed by atoms with E-state index in [4.69, 9.17) is 4.74 Å². The van der Waals surface area contributed by atoms with Crippen molar-refractivity contribution in [1.82, 2.24) is 5.32 Å². The van der Waals surface area contributed by atoms with Gasteiger partial charge in [-0.1, -0.05) is 24.3 Å². The van der Waals surface area contributed by atoms with Gasteiger partial charge in [0.25, 0.3) is 0 Å². The van der Waals surface area contributed by atoms with E-state index in [0.717, 1.165) is 17.8 Å². The maximum Gasteiger partial charge on any atom is 0.417 e. The molecule has 0 saturated carbocycles. The molecular formula is C18H17F4NOS. The molecule has 1 fully saturated rings. The van der Waals surface area contributed by atoms with Crippen LogP contribution in [0.1, 0.15) is 16.4 Å². The van der Waals surface area contributed by atoms with Crippen LogP contribution < -0.4 is 5.32 Å².